The van der Waals surface area contributed by atoms with Gasteiger partial charge in [-0.05, 0) is 27.7 Å². The van der Waals surface area contributed by atoms with Gasteiger partial charge in [-0.15, -0.1) is 11.3 Å². The normalized spacial score (nSPS) is 14.6. The van der Waals surface area contributed by atoms with Crippen LogP contribution in [0, 0.1) is 0 Å². The van der Waals surface area contributed by atoms with Crippen molar-refractivity contribution in [3.63, 3.8) is 0 Å². The summed E-state index contributed by atoms with van der Waals surface area (Å²) < 4.78 is 5.19. The minimum absolute atomic E-state index is 0.327. The number of carbonyl (C=O) groups excluding carboxylic acids is 1. The van der Waals surface area contributed by atoms with Crippen molar-refractivity contribution in [3.8, 4) is 0 Å². The molecule has 1 N–H and O–H groups in total. The second-order valence-electron chi connectivity index (χ2n) is 5.25. The quantitative estimate of drug-likeness (QED) is 0.922. The Balaban J connectivity index is 3.08. The van der Waals surface area contributed by atoms with E-state index < -0.39 is 23.2 Å². The molecule has 1 unspecified atom stereocenters. The lowest BCUT2D eigenvalue weighted by molar-refractivity contribution is -0.150. The Morgan fingerprint density at radius 2 is 1.95 bits per heavy atom. The monoisotopic (exact) mass is 286 g/mol. The standard InChI is InChI=1S/C12H18N2O4S/c1-11(2,3)18-10(17)14(5)12(4,9(15)16)8-13-6-7-19-8/h6-7H,1-5H3,(H,15,16). The topological polar surface area (TPSA) is 79.7 Å². The summed E-state index contributed by atoms with van der Waals surface area (Å²) >= 11 is 1.18. The molecule has 1 atom stereocenters. The lowest BCUT2D eigenvalue weighted by Gasteiger charge is -2.34. The van der Waals surface area contributed by atoms with E-state index in [-0.39, 0.29) is 0 Å². The van der Waals surface area contributed by atoms with Crippen LogP contribution in [0.3, 0.4) is 0 Å². The van der Waals surface area contributed by atoms with Gasteiger partial charge in [-0.25, -0.2) is 14.6 Å². The third kappa shape index (κ3) is 3.23. The van der Waals surface area contributed by atoms with Gasteiger partial charge in [0.25, 0.3) is 0 Å². The van der Waals surface area contributed by atoms with Crippen molar-refractivity contribution in [3.05, 3.63) is 16.6 Å². The number of carboxylic acid groups (broad SMARTS) is 1. The number of likely N-dealkylation sites (N-methyl/N-ethyl adjacent to an activating group) is 1. The van der Waals surface area contributed by atoms with Crippen LogP contribution in [0.15, 0.2) is 11.6 Å². The molecule has 19 heavy (non-hydrogen) atoms. The van der Waals surface area contributed by atoms with Gasteiger partial charge in [0.15, 0.2) is 5.54 Å². The van der Waals surface area contributed by atoms with Gasteiger partial charge in [0.1, 0.15) is 10.6 Å². The van der Waals surface area contributed by atoms with Gasteiger partial charge < -0.3 is 9.84 Å². The summed E-state index contributed by atoms with van der Waals surface area (Å²) in [6, 6.07) is 0. The second kappa shape index (κ2) is 5.16. The number of aromatic nitrogens is 1. The number of nitrogens with zero attached hydrogens (tertiary/aromatic N) is 2. The Morgan fingerprint density at radius 3 is 2.32 bits per heavy atom. The molecule has 0 spiro atoms. The van der Waals surface area contributed by atoms with Gasteiger partial charge in [-0.3, -0.25) is 4.90 Å². The average Bonchev–Trinajstić information content (AvgIpc) is 2.77. The van der Waals surface area contributed by atoms with E-state index in [9.17, 15) is 14.7 Å². The SMILES string of the molecule is CN(C(=O)OC(C)(C)C)C(C)(C(=O)O)c1nccs1. The van der Waals surface area contributed by atoms with E-state index in [2.05, 4.69) is 4.98 Å². The van der Waals surface area contributed by atoms with E-state index >= 15 is 0 Å². The fraction of sp³-hybridized carbons (Fsp3) is 0.583. The molecule has 0 saturated carbocycles. The molecule has 0 radical (unpaired) electrons. The Morgan fingerprint density at radius 1 is 1.37 bits per heavy atom. The maximum absolute atomic E-state index is 12.0. The van der Waals surface area contributed by atoms with Crippen molar-refractivity contribution in [1.82, 2.24) is 9.88 Å². The highest BCUT2D eigenvalue weighted by molar-refractivity contribution is 7.09. The number of rotatable bonds is 3. The minimum Gasteiger partial charge on any atom is -0.479 e. The van der Waals surface area contributed by atoms with Gasteiger partial charge in [0.2, 0.25) is 0 Å². The maximum atomic E-state index is 12.0. The van der Waals surface area contributed by atoms with E-state index in [0.29, 0.717) is 5.01 Å². The summed E-state index contributed by atoms with van der Waals surface area (Å²) in [6.45, 7) is 6.60. The fourth-order valence-corrected chi connectivity index (χ4v) is 2.18. The zero-order valence-electron chi connectivity index (χ0n) is 11.6. The molecule has 0 aliphatic rings. The summed E-state index contributed by atoms with van der Waals surface area (Å²) in [5.41, 5.74) is -2.23. The number of ether oxygens (including phenoxy) is 1. The number of carboxylic acids is 1. The molecule has 0 saturated heterocycles. The molecule has 0 fully saturated rings. The zero-order valence-corrected chi connectivity index (χ0v) is 12.4. The van der Waals surface area contributed by atoms with Crippen LogP contribution in [0.25, 0.3) is 0 Å². The van der Waals surface area contributed by atoms with Crippen molar-refractivity contribution in [2.75, 3.05) is 7.05 Å². The third-order valence-electron chi connectivity index (χ3n) is 2.60. The molecule has 1 amide bonds. The zero-order chi connectivity index (χ0) is 14.8. The molecule has 1 aromatic rings. The highest BCUT2D eigenvalue weighted by atomic mass is 32.1. The first kappa shape index (κ1) is 15.4. The van der Waals surface area contributed by atoms with Crippen molar-refractivity contribution in [2.45, 2.75) is 38.8 Å². The number of hydrogen-bond donors (Lipinski definition) is 1. The minimum atomic E-state index is -1.55. The fourth-order valence-electron chi connectivity index (χ4n) is 1.36. The highest BCUT2D eigenvalue weighted by Gasteiger charge is 2.45. The smallest absolute Gasteiger partial charge is 0.411 e. The molecular weight excluding hydrogens is 268 g/mol. The van der Waals surface area contributed by atoms with E-state index in [4.69, 9.17) is 4.74 Å². The molecule has 6 nitrogen and oxygen atoms in total. The summed E-state index contributed by atoms with van der Waals surface area (Å²) in [7, 11) is 1.39. The molecule has 1 heterocycles. The number of carbonyl (C=O) groups is 2. The first-order chi connectivity index (χ1) is 8.59. The van der Waals surface area contributed by atoms with E-state index in [0.717, 1.165) is 4.90 Å². The molecule has 0 aliphatic carbocycles. The summed E-state index contributed by atoms with van der Waals surface area (Å²) in [5.74, 6) is -1.16. The summed E-state index contributed by atoms with van der Waals surface area (Å²) in [4.78, 5) is 28.6. The van der Waals surface area contributed by atoms with Crippen molar-refractivity contribution in [1.29, 1.82) is 0 Å². The molecule has 0 bridgehead atoms. The molecule has 106 valence electrons. The Hall–Kier alpha value is -1.63. The van der Waals surface area contributed by atoms with Gasteiger partial charge in [0, 0.05) is 18.6 Å². The maximum Gasteiger partial charge on any atom is 0.411 e. The van der Waals surface area contributed by atoms with Crippen LogP contribution in [0.4, 0.5) is 4.79 Å². The first-order valence-electron chi connectivity index (χ1n) is 5.69. The number of aliphatic carboxylic acids is 1. The van der Waals surface area contributed by atoms with Crippen LogP contribution in [-0.2, 0) is 15.1 Å². The number of thiazole rings is 1. The van der Waals surface area contributed by atoms with Crippen molar-refractivity contribution < 1.29 is 19.4 Å². The molecule has 1 aromatic heterocycles. The highest BCUT2D eigenvalue weighted by Crippen LogP contribution is 2.30. The van der Waals surface area contributed by atoms with Crippen LogP contribution < -0.4 is 0 Å². The van der Waals surface area contributed by atoms with E-state index in [1.165, 1.54) is 31.5 Å². The predicted octanol–water partition coefficient (Wildman–Crippen LogP) is 2.31. The van der Waals surface area contributed by atoms with Gasteiger partial charge in [-0.2, -0.15) is 0 Å². The molecule has 0 aromatic carbocycles. The predicted molar refractivity (Wildman–Crippen MR) is 71.1 cm³/mol. The van der Waals surface area contributed by atoms with Crippen LogP contribution in [0.1, 0.15) is 32.7 Å². The number of amides is 1. The Kier molecular flexibility index (Phi) is 4.19. The first-order valence-corrected chi connectivity index (χ1v) is 6.57. The van der Waals surface area contributed by atoms with Crippen molar-refractivity contribution in [2.24, 2.45) is 0 Å². The molecular formula is C12H18N2O4S. The van der Waals surface area contributed by atoms with Gasteiger partial charge in [-0.1, -0.05) is 0 Å². The molecule has 1 rings (SSSR count). The Labute approximate surface area is 116 Å². The van der Waals surface area contributed by atoms with Crippen LogP contribution in [-0.4, -0.2) is 39.7 Å². The molecule has 0 aliphatic heterocycles. The lowest BCUT2D eigenvalue weighted by atomic mass is 10.0. The average molecular weight is 286 g/mol. The van der Waals surface area contributed by atoms with Crippen LogP contribution >= 0.6 is 11.3 Å². The van der Waals surface area contributed by atoms with E-state index in [1.54, 1.807) is 26.2 Å². The summed E-state index contributed by atoms with van der Waals surface area (Å²) in [6.07, 6.45) is 0.803. The van der Waals surface area contributed by atoms with Gasteiger partial charge >= 0.3 is 12.1 Å². The summed E-state index contributed by atoms with van der Waals surface area (Å²) in [5, 5.41) is 11.4. The van der Waals surface area contributed by atoms with Gasteiger partial charge in [0.05, 0.1) is 0 Å². The second-order valence-corrected chi connectivity index (χ2v) is 6.15. The van der Waals surface area contributed by atoms with Crippen LogP contribution in [0.2, 0.25) is 0 Å². The van der Waals surface area contributed by atoms with E-state index in [1.807, 2.05) is 0 Å². The third-order valence-corrected chi connectivity index (χ3v) is 3.59. The molecule has 7 heteroatoms. The lowest BCUT2D eigenvalue weighted by Crippen LogP contribution is -2.51. The largest absolute Gasteiger partial charge is 0.479 e. The number of hydrogen-bond acceptors (Lipinski definition) is 5. The Bertz CT molecular complexity index is 467. The van der Waals surface area contributed by atoms with Crippen molar-refractivity contribution >= 4 is 23.4 Å². The van der Waals surface area contributed by atoms with Crippen LogP contribution in [0.5, 0.6) is 0 Å².